The number of rotatable bonds is 7. The van der Waals surface area contributed by atoms with Gasteiger partial charge in [0.1, 0.15) is 0 Å². The minimum Gasteiger partial charge on any atom is -0.356 e. The summed E-state index contributed by atoms with van der Waals surface area (Å²) in [4.78, 5) is 10.5. The monoisotopic (exact) mass is 206 g/mol. The van der Waals surface area contributed by atoms with Crippen LogP contribution in [0.3, 0.4) is 0 Å². The Morgan fingerprint density at radius 1 is 1.14 bits per heavy atom. The lowest BCUT2D eigenvalue weighted by Gasteiger charge is -2.02. The zero-order valence-electron chi connectivity index (χ0n) is 10.2. The largest absolute Gasteiger partial charge is 0.356 e. The minimum atomic E-state index is 0. The van der Waals surface area contributed by atoms with Gasteiger partial charge in [0, 0.05) is 16.3 Å². The van der Waals surface area contributed by atoms with Gasteiger partial charge in [-0.15, -0.1) is 0 Å². The third-order valence-electron chi connectivity index (χ3n) is 1.65. The Kier molecular flexibility index (Phi) is 16.9. The first-order chi connectivity index (χ1) is 6.77. The molecule has 3 heteroatoms. The average Bonchev–Trinajstić information content (AvgIpc) is 2.19. The van der Waals surface area contributed by atoms with Crippen molar-refractivity contribution in [2.75, 3.05) is 19.6 Å². The van der Waals surface area contributed by atoms with Gasteiger partial charge in [0.25, 0.3) is 0 Å². The molecule has 3 nitrogen and oxygen atoms in total. The first kappa shape index (κ1) is 15.9. The van der Waals surface area contributed by atoms with E-state index in [1.165, 1.54) is 12.8 Å². The molecular weight excluding hydrogens is 176 g/mol. The summed E-state index contributed by atoms with van der Waals surface area (Å²) in [6, 6.07) is 0. The van der Waals surface area contributed by atoms with Crippen molar-refractivity contribution in [3.05, 3.63) is 0 Å². The fourth-order valence-corrected chi connectivity index (χ4v) is 0.993. The summed E-state index contributed by atoms with van der Waals surface area (Å²) >= 11 is 0. The summed E-state index contributed by atoms with van der Waals surface area (Å²) in [5.74, 6) is 0.0710. The fourth-order valence-electron chi connectivity index (χ4n) is 0.993. The molecule has 0 fully saturated rings. The van der Waals surface area contributed by atoms with Crippen molar-refractivity contribution in [3.8, 4) is 0 Å². The van der Waals surface area contributed by atoms with E-state index in [9.17, 15) is 4.79 Å². The van der Waals surface area contributed by atoms with E-state index in [0.29, 0.717) is 0 Å². The van der Waals surface area contributed by atoms with Gasteiger partial charge in [-0.05, 0) is 25.9 Å². The van der Waals surface area contributed by atoms with Crippen molar-refractivity contribution in [2.45, 2.75) is 47.0 Å². The summed E-state index contributed by atoms with van der Waals surface area (Å²) in [7, 11) is 0. The summed E-state index contributed by atoms with van der Waals surface area (Å²) in [5.41, 5.74) is 0. The van der Waals surface area contributed by atoms with Gasteiger partial charge in [0.15, 0.2) is 0 Å². The highest BCUT2D eigenvalue weighted by Gasteiger charge is 1.90. The smallest absolute Gasteiger partial charge is 0.216 e. The number of hydrogen-bond donors (Lipinski definition) is 2. The van der Waals surface area contributed by atoms with Crippen molar-refractivity contribution in [1.29, 1.82) is 0 Å². The van der Waals surface area contributed by atoms with Gasteiger partial charge in [0.05, 0.1) is 0 Å². The van der Waals surface area contributed by atoms with Crippen molar-refractivity contribution in [2.24, 2.45) is 0 Å². The van der Waals surface area contributed by atoms with Crippen LogP contribution >= 0.6 is 0 Å². The van der Waals surface area contributed by atoms with Crippen LogP contribution in [-0.2, 0) is 4.79 Å². The molecular formula is C11H30N2O. The van der Waals surface area contributed by atoms with E-state index in [1.807, 2.05) is 13.8 Å². The van der Waals surface area contributed by atoms with E-state index in [4.69, 9.17) is 0 Å². The Balaban J connectivity index is -0.000000169. The van der Waals surface area contributed by atoms with Gasteiger partial charge in [0.2, 0.25) is 5.91 Å². The molecule has 0 aromatic carbocycles. The quantitative estimate of drug-likeness (QED) is 0.628. The molecule has 2 N–H and O–H groups in total. The molecule has 0 atom stereocenters. The molecule has 0 rings (SSSR count). The van der Waals surface area contributed by atoms with Crippen molar-refractivity contribution >= 4 is 5.91 Å². The minimum absolute atomic E-state index is 0. The Morgan fingerprint density at radius 3 is 2.21 bits per heavy atom. The van der Waals surface area contributed by atoms with Crippen molar-refractivity contribution in [1.82, 2.24) is 10.6 Å². The summed E-state index contributed by atoms with van der Waals surface area (Å²) < 4.78 is 0. The van der Waals surface area contributed by atoms with Crippen LogP contribution in [0.5, 0.6) is 0 Å². The van der Waals surface area contributed by atoms with Crippen LogP contribution in [0.4, 0.5) is 0 Å². The number of nitrogens with one attached hydrogen (secondary N) is 2. The van der Waals surface area contributed by atoms with E-state index in [0.717, 1.165) is 26.1 Å². The first-order valence-electron chi connectivity index (χ1n) is 5.72. The zero-order chi connectivity index (χ0) is 11.2. The molecule has 0 heterocycles. The Bertz CT molecular complexity index is 125. The topological polar surface area (TPSA) is 41.1 Å². The van der Waals surface area contributed by atoms with Crippen molar-refractivity contribution in [3.63, 3.8) is 0 Å². The molecule has 0 bridgehead atoms. The number of amides is 1. The van der Waals surface area contributed by atoms with Crippen LogP contribution in [0, 0.1) is 0 Å². The zero-order valence-corrected chi connectivity index (χ0v) is 10.2. The molecule has 0 radical (unpaired) electrons. The normalized spacial score (nSPS) is 8.86. The molecule has 0 aliphatic carbocycles. The summed E-state index contributed by atoms with van der Waals surface area (Å²) in [6.07, 6.45) is 3.48. The van der Waals surface area contributed by atoms with Gasteiger partial charge in [-0.3, -0.25) is 4.79 Å². The Labute approximate surface area is 91.6 Å². The van der Waals surface area contributed by atoms with Gasteiger partial charge < -0.3 is 10.6 Å². The second-order valence-corrected chi connectivity index (χ2v) is 2.90. The van der Waals surface area contributed by atoms with Crippen LogP contribution in [0.25, 0.3) is 0 Å². The lowest BCUT2D eigenvalue weighted by Crippen LogP contribution is -2.21. The maximum atomic E-state index is 10.5. The first-order valence-corrected chi connectivity index (χ1v) is 5.72. The van der Waals surface area contributed by atoms with Crippen LogP contribution in [0.15, 0.2) is 0 Å². The third-order valence-corrected chi connectivity index (χ3v) is 1.65. The molecule has 0 saturated heterocycles. The lowest BCUT2D eigenvalue weighted by atomic mass is 10.2. The number of carbonyl (C=O) groups is 1. The summed E-state index contributed by atoms with van der Waals surface area (Å²) in [6.45, 7) is 10.6. The predicted octanol–water partition coefficient (Wildman–Crippen LogP) is 2.42. The van der Waals surface area contributed by atoms with E-state index in [1.54, 1.807) is 6.92 Å². The lowest BCUT2D eigenvalue weighted by molar-refractivity contribution is -0.118. The van der Waals surface area contributed by atoms with Crippen molar-refractivity contribution < 1.29 is 7.65 Å². The molecule has 0 unspecified atom stereocenters. The Hall–Kier alpha value is -0.570. The van der Waals surface area contributed by atoms with Gasteiger partial charge in [-0.2, -0.15) is 0 Å². The highest BCUT2D eigenvalue weighted by molar-refractivity contribution is 5.72. The van der Waals surface area contributed by atoms with Crippen LogP contribution in [0.1, 0.15) is 49.8 Å². The van der Waals surface area contributed by atoms with E-state index < -0.39 is 0 Å². The van der Waals surface area contributed by atoms with Gasteiger partial charge in [-0.25, -0.2) is 0 Å². The van der Waals surface area contributed by atoms with E-state index in [2.05, 4.69) is 17.6 Å². The molecule has 0 aromatic heterocycles. The molecule has 0 spiro atoms. The van der Waals surface area contributed by atoms with E-state index in [-0.39, 0.29) is 8.76 Å². The number of carbonyl (C=O) groups excluding carboxylic acids is 1. The Morgan fingerprint density at radius 2 is 1.71 bits per heavy atom. The van der Waals surface area contributed by atoms with Crippen LogP contribution in [-0.4, -0.2) is 25.5 Å². The third kappa shape index (κ3) is 17.5. The summed E-state index contributed by atoms with van der Waals surface area (Å²) in [5, 5.41) is 6.04. The second-order valence-electron chi connectivity index (χ2n) is 2.90. The maximum absolute atomic E-state index is 10.5. The van der Waals surface area contributed by atoms with Gasteiger partial charge in [-0.1, -0.05) is 27.2 Å². The van der Waals surface area contributed by atoms with Gasteiger partial charge >= 0.3 is 0 Å². The average molecular weight is 206 g/mol. The SMILES string of the molecule is CC.CCNCCCCCNC(C)=O.[HH].[HH]. The molecule has 0 saturated carbocycles. The molecule has 14 heavy (non-hydrogen) atoms. The second kappa shape index (κ2) is 14.9. The maximum Gasteiger partial charge on any atom is 0.216 e. The predicted molar refractivity (Wildman–Crippen MR) is 66.7 cm³/mol. The molecule has 90 valence electrons. The molecule has 0 aliphatic rings. The number of hydrogen-bond acceptors (Lipinski definition) is 2. The molecule has 0 aromatic rings. The van der Waals surface area contributed by atoms with E-state index >= 15 is 0 Å². The number of unbranched alkanes of at least 4 members (excludes halogenated alkanes) is 2. The van der Waals surface area contributed by atoms with Crippen LogP contribution in [0.2, 0.25) is 0 Å². The fraction of sp³-hybridized carbons (Fsp3) is 0.909. The van der Waals surface area contributed by atoms with Crippen LogP contribution < -0.4 is 10.6 Å². The standard InChI is InChI=1S/C9H20N2O.C2H6.2H2/c1-3-10-7-5-4-6-8-11-9(2)12;1-2;;/h10H,3-8H2,1-2H3,(H,11,12);1-2H3;2*1H. The highest BCUT2D eigenvalue weighted by Crippen LogP contribution is 1.91. The highest BCUT2D eigenvalue weighted by atomic mass is 16.1. The molecule has 1 amide bonds. The molecule has 0 aliphatic heterocycles.